The second-order valence-electron chi connectivity index (χ2n) is 5.65. The van der Waals surface area contributed by atoms with Crippen LogP contribution in [0.5, 0.6) is 0 Å². The number of hydrogen-bond donors (Lipinski definition) is 0. The molecule has 1 aliphatic heterocycles. The van der Waals surface area contributed by atoms with Crippen LogP contribution in [0.1, 0.15) is 26.5 Å². The Labute approximate surface area is 110 Å². The maximum atomic E-state index is 14.4. The topological polar surface area (TPSA) is 42.4 Å². The summed E-state index contributed by atoms with van der Waals surface area (Å²) in [6, 6.07) is 3.96. The number of alkyl halides is 1. The third kappa shape index (κ3) is 3.00. The van der Waals surface area contributed by atoms with Crippen molar-refractivity contribution in [2.24, 2.45) is 0 Å². The predicted molar refractivity (Wildman–Crippen MR) is 64.8 cm³/mol. The maximum Gasteiger partial charge on any atom is 0.410 e. The lowest BCUT2D eigenvalue weighted by Crippen LogP contribution is -2.60. The van der Waals surface area contributed by atoms with Crippen molar-refractivity contribution < 1.29 is 18.3 Å². The van der Waals surface area contributed by atoms with Crippen molar-refractivity contribution in [2.75, 3.05) is 13.1 Å². The Bertz CT molecular complexity index is 494. The van der Waals surface area contributed by atoms with Gasteiger partial charge in [0.05, 0.1) is 18.8 Å². The number of amides is 1. The number of carbonyl (C=O) groups is 1. The molecule has 1 amide bonds. The van der Waals surface area contributed by atoms with Crippen molar-refractivity contribution >= 4 is 6.09 Å². The molecule has 2 rings (SSSR count). The molecule has 1 aromatic rings. The summed E-state index contributed by atoms with van der Waals surface area (Å²) in [5, 5.41) is 0. The van der Waals surface area contributed by atoms with Crippen LogP contribution in [0.25, 0.3) is 0 Å². The van der Waals surface area contributed by atoms with Gasteiger partial charge in [-0.05, 0) is 32.9 Å². The van der Waals surface area contributed by atoms with Crippen LogP contribution in [0.3, 0.4) is 0 Å². The van der Waals surface area contributed by atoms with Crippen molar-refractivity contribution in [3.63, 3.8) is 0 Å². The molecular weight excluding hydrogens is 254 g/mol. The Morgan fingerprint density at radius 3 is 2.58 bits per heavy atom. The van der Waals surface area contributed by atoms with E-state index >= 15 is 0 Å². The summed E-state index contributed by atoms with van der Waals surface area (Å²) in [5.74, 6) is -0.731. The van der Waals surface area contributed by atoms with Crippen molar-refractivity contribution in [1.82, 2.24) is 9.88 Å². The van der Waals surface area contributed by atoms with E-state index in [1.807, 2.05) is 0 Å². The van der Waals surface area contributed by atoms with Gasteiger partial charge in [-0.3, -0.25) is 0 Å². The highest BCUT2D eigenvalue weighted by atomic mass is 19.1. The summed E-state index contributed by atoms with van der Waals surface area (Å²) in [6.07, 6.45) is -0.572. The van der Waals surface area contributed by atoms with E-state index in [9.17, 15) is 13.6 Å². The summed E-state index contributed by atoms with van der Waals surface area (Å²) in [4.78, 5) is 16.4. The van der Waals surface area contributed by atoms with Crippen molar-refractivity contribution in [3.05, 3.63) is 29.8 Å². The molecule has 0 unspecified atom stereocenters. The number of likely N-dealkylation sites (tertiary alicyclic amines) is 1. The number of aromatic nitrogens is 1. The molecule has 0 radical (unpaired) electrons. The molecule has 1 aromatic heterocycles. The fourth-order valence-electron chi connectivity index (χ4n) is 1.83. The average molecular weight is 270 g/mol. The number of ether oxygens (including phenoxy) is 1. The van der Waals surface area contributed by atoms with Gasteiger partial charge in [0.1, 0.15) is 5.60 Å². The fraction of sp³-hybridized carbons (Fsp3) is 0.538. The van der Waals surface area contributed by atoms with Gasteiger partial charge < -0.3 is 9.64 Å². The van der Waals surface area contributed by atoms with Gasteiger partial charge in [-0.25, -0.2) is 14.2 Å². The van der Waals surface area contributed by atoms with Gasteiger partial charge in [0.2, 0.25) is 5.95 Å². The average Bonchev–Trinajstić information content (AvgIpc) is 2.22. The third-order valence-corrected chi connectivity index (χ3v) is 2.71. The van der Waals surface area contributed by atoms with Crippen molar-refractivity contribution in [1.29, 1.82) is 0 Å². The van der Waals surface area contributed by atoms with E-state index in [-0.39, 0.29) is 18.8 Å². The zero-order valence-corrected chi connectivity index (χ0v) is 11.1. The Balaban J connectivity index is 2.00. The summed E-state index contributed by atoms with van der Waals surface area (Å²) >= 11 is 0. The molecule has 2 heterocycles. The van der Waals surface area contributed by atoms with E-state index < -0.39 is 23.3 Å². The molecule has 0 aliphatic carbocycles. The standard InChI is InChI=1S/C13H16F2N2O2/c1-12(2,3)19-11(18)17-7-13(15,8-17)9-5-4-6-10(14)16-9/h4-6H,7-8H2,1-3H3. The lowest BCUT2D eigenvalue weighted by Gasteiger charge is -2.43. The quantitative estimate of drug-likeness (QED) is 0.737. The van der Waals surface area contributed by atoms with Crippen LogP contribution < -0.4 is 0 Å². The SMILES string of the molecule is CC(C)(C)OC(=O)N1CC(F)(c2cccc(F)n2)C1. The van der Waals surface area contributed by atoms with Crippen LogP contribution in [0.15, 0.2) is 18.2 Å². The second kappa shape index (κ2) is 4.43. The van der Waals surface area contributed by atoms with Gasteiger partial charge in [0, 0.05) is 0 Å². The van der Waals surface area contributed by atoms with Gasteiger partial charge in [0.25, 0.3) is 0 Å². The van der Waals surface area contributed by atoms with Gasteiger partial charge in [-0.15, -0.1) is 0 Å². The van der Waals surface area contributed by atoms with Gasteiger partial charge in [-0.1, -0.05) is 6.07 Å². The highest BCUT2D eigenvalue weighted by Gasteiger charge is 2.49. The largest absolute Gasteiger partial charge is 0.444 e. The molecule has 1 saturated heterocycles. The zero-order chi connectivity index (χ0) is 14.3. The Morgan fingerprint density at radius 2 is 2.05 bits per heavy atom. The number of carbonyl (C=O) groups excluding carboxylic acids is 1. The van der Waals surface area contributed by atoms with E-state index in [4.69, 9.17) is 4.74 Å². The highest BCUT2D eigenvalue weighted by Crippen LogP contribution is 2.35. The minimum Gasteiger partial charge on any atom is -0.444 e. The minimum absolute atomic E-state index is 0.00677. The van der Waals surface area contributed by atoms with E-state index in [1.54, 1.807) is 20.8 Å². The third-order valence-electron chi connectivity index (χ3n) is 2.71. The molecule has 4 nitrogen and oxygen atoms in total. The number of rotatable bonds is 1. The second-order valence-corrected chi connectivity index (χ2v) is 5.65. The Kier molecular flexibility index (Phi) is 3.20. The maximum absolute atomic E-state index is 14.4. The fourth-order valence-corrected chi connectivity index (χ4v) is 1.83. The number of pyridine rings is 1. The highest BCUT2D eigenvalue weighted by molar-refractivity contribution is 5.69. The van der Waals surface area contributed by atoms with Crippen LogP contribution in [0, 0.1) is 5.95 Å². The molecule has 0 aromatic carbocycles. The Hall–Kier alpha value is -1.72. The summed E-state index contributed by atoms with van der Waals surface area (Å²) in [7, 11) is 0. The molecule has 0 saturated carbocycles. The lowest BCUT2D eigenvalue weighted by molar-refractivity contribution is -0.0559. The number of nitrogens with zero attached hydrogens (tertiary/aromatic N) is 2. The molecule has 1 fully saturated rings. The summed E-state index contributed by atoms with van der Waals surface area (Å²) in [6.45, 7) is 4.88. The Morgan fingerprint density at radius 1 is 1.42 bits per heavy atom. The molecular formula is C13H16F2N2O2. The predicted octanol–water partition coefficient (Wildman–Crippen LogP) is 2.64. The molecule has 0 N–H and O–H groups in total. The van der Waals surface area contributed by atoms with Crippen LogP contribution in [0.4, 0.5) is 13.6 Å². The van der Waals surface area contributed by atoms with Crippen LogP contribution >= 0.6 is 0 Å². The summed E-state index contributed by atoms with van der Waals surface area (Å²) < 4.78 is 32.5. The van der Waals surface area contributed by atoms with Gasteiger partial charge in [-0.2, -0.15) is 4.39 Å². The van der Waals surface area contributed by atoms with Crippen molar-refractivity contribution in [2.45, 2.75) is 32.0 Å². The normalized spacial score (nSPS) is 17.8. The van der Waals surface area contributed by atoms with Crippen molar-refractivity contribution in [3.8, 4) is 0 Å². The van der Waals surface area contributed by atoms with E-state index in [0.717, 1.165) is 6.07 Å². The van der Waals surface area contributed by atoms with E-state index in [1.165, 1.54) is 17.0 Å². The van der Waals surface area contributed by atoms with Crippen LogP contribution in [0.2, 0.25) is 0 Å². The van der Waals surface area contributed by atoms with Crippen LogP contribution in [-0.2, 0) is 10.4 Å². The number of hydrogen-bond acceptors (Lipinski definition) is 3. The first-order valence-electron chi connectivity index (χ1n) is 5.99. The van der Waals surface area contributed by atoms with Crippen LogP contribution in [-0.4, -0.2) is 34.7 Å². The summed E-state index contributed by atoms with van der Waals surface area (Å²) in [5.41, 5.74) is -2.41. The molecule has 0 bridgehead atoms. The zero-order valence-electron chi connectivity index (χ0n) is 11.1. The molecule has 0 atom stereocenters. The molecule has 6 heteroatoms. The van der Waals surface area contributed by atoms with E-state index in [2.05, 4.69) is 4.98 Å². The molecule has 19 heavy (non-hydrogen) atoms. The monoisotopic (exact) mass is 270 g/mol. The smallest absolute Gasteiger partial charge is 0.410 e. The molecule has 0 spiro atoms. The number of halogens is 2. The molecule has 104 valence electrons. The lowest BCUT2D eigenvalue weighted by atomic mass is 9.92. The minimum atomic E-state index is -1.79. The molecule has 1 aliphatic rings. The van der Waals surface area contributed by atoms with E-state index in [0.29, 0.717) is 0 Å². The van der Waals surface area contributed by atoms with Gasteiger partial charge >= 0.3 is 6.09 Å². The first-order chi connectivity index (χ1) is 8.70. The van der Waals surface area contributed by atoms with Gasteiger partial charge in [0.15, 0.2) is 5.67 Å². The first-order valence-corrected chi connectivity index (χ1v) is 5.99. The first kappa shape index (κ1) is 13.7.